The van der Waals surface area contributed by atoms with Gasteiger partial charge in [0.05, 0.1) is 6.42 Å². The fourth-order valence-corrected chi connectivity index (χ4v) is 1.28. The van der Waals surface area contributed by atoms with Crippen molar-refractivity contribution in [3.8, 4) is 5.75 Å². The van der Waals surface area contributed by atoms with Crippen LogP contribution in [-0.2, 0) is 17.6 Å². The zero-order chi connectivity index (χ0) is 9.84. The highest BCUT2D eigenvalue weighted by atomic mass is 16.4. The van der Waals surface area contributed by atoms with Crippen LogP contribution in [0.3, 0.4) is 0 Å². The summed E-state index contributed by atoms with van der Waals surface area (Å²) in [6.07, 6.45) is 0.750. The topological polar surface area (TPSA) is 57.5 Å². The summed E-state index contributed by atoms with van der Waals surface area (Å²) in [6, 6.07) is 4.84. The molecule has 0 aliphatic carbocycles. The molecule has 3 heteroatoms. The summed E-state index contributed by atoms with van der Waals surface area (Å²) in [5.74, 6) is -0.756. The van der Waals surface area contributed by atoms with Gasteiger partial charge >= 0.3 is 5.97 Å². The number of aryl methyl sites for hydroxylation is 1. The molecule has 0 aromatic heterocycles. The molecule has 70 valence electrons. The van der Waals surface area contributed by atoms with E-state index in [1.807, 2.05) is 6.92 Å². The minimum absolute atomic E-state index is 0.0302. The maximum Gasteiger partial charge on any atom is 0.307 e. The fraction of sp³-hybridized carbons (Fsp3) is 0.300. The van der Waals surface area contributed by atoms with Crippen molar-refractivity contribution in [3.63, 3.8) is 0 Å². The van der Waals surface area contributed by atoms with Gasteiger partial charge in [-0.1, -0.05) is 13.0 Å². The summed E-state index contributed by atoms with van der Waals surface area (Å²) >= 11 is 0. The first-order valence-corrected chi connectivity index (χ1v) is 4.16. The zero-order valence-corrected chi connectivity index (χ0v) is 7.45. The highest BCUT2D eigenvalue weighted by molar-refractivity contribution is 5.71. The first-order chi connectivity index (χ1) is 6.13. The molecule has 0 unspecified atom stereocenters. The smallest absolute Gasteiger partial charge is 0.307 e. The monoisotopic (exact) mass is 180 g/mol. The van der Waals surface area contributed by atoms with Crippen molar-refractivity contribution in [3.05, 3.63) is 29.3 Å². The van der Waals surface area contributed by atoms with E-state index in [4.69, 9.17) is 10.2 Å². The van der Waals surface area contributed by atoms with Crippen LogP contribution in [-0.4, -0.2) is 16.2 Å². The van der Waals surface area contributed by atoms with Crippen molar-refractivity contribution < 1.29 is 15.0 Å². The average Bonchev–Trinajstić information content (AvgIpc) is 2.03. The molecule has 0 radical (unpaired) electrons. The maximum atomic E-state index is 10.5. The number of carbonyl (C=O) groups is 1. The van der Waals surface area contributed by atoms with Gasteiger partial charge in [0.15, 0.2) is 0 Å². The highest BCUT2D eigenvalue weighted by Crippen LogP contribution is 2.17. The third kappa shape index (κ3) is 2.47. The Hall–Kier alpha value is -1.51. The number of rotatable bonds is 3. The molecule has 0 aliphatic heterocycles. The number of carboxylic acid groups (broad SMARTS) is 1. The van der Waals surface area contributed by atoms with Gasteiger partial charge in [-0.2, -0.15) is 0 Å². The SMILES string of the molecule is CCc1ccc(O)cc1CC(=O)O. The molecular formula is C10H12O3. The number of benzene rings is 1. The second kappa shape index (κ2) is 3.94. The Morgan fingerprint density at radius 2 is 2.08 bits per heavy atom. The minimum Gasteiger partial charge on any atom is -0.508 e. The van der Waals surface area contributed by atoms with E-state index < -0.39 is 5.97 Å². The summed E-state index contributed by atoms with van der Waals surface area (Å²) < 4.78 is 0. The number of hydrogen-bond donors (Lipinski definition) is 2. The summed E-state index contributed by atoms with van der Waals surface area (Å²) in [5.41, 5.74) is 1.66. The normalized spacial score (nSPS) is 9.92. The van der Waals surface area contributed by atoms with E-state index in [2.05, 4.69) is 0 Å². The molecule has 0 heterocycles. The predicted octanol–water partition coefficient (Wildman–Crippen LogP) is 1.58. The molecule has 13 heavy (non-hydrogen) atoms. The van der Waals surface area contributed by atoms with E-state index in [1.165, 1.54) is 6.07 Å². The molecule has 0 spiro atoms. The van der Waals surface area contributed by atoms with Gasteiger partial charge in [0.1, 0.15) is 5.75 Å². The molecule has 1 rings (SSSR count). The number of aliphatic carboxylic acids is 1. The predicted molar refractivity (Wildman–Crippen MR) is 48.8 cm³/mol. The van der Waals surface area contributed by atoms with E-state index in [1.54, 1.807) is 12.1 Å². The second-order valence-electron chi connectivity index (χ2n) is 2.88. The van der Waals surface area contributed by atoms with E-state index in [9.17, 15) is 4.79 Å². The Kier molecular flexibility index (Phi) is 2.90. The lowest BCUT2D eigenvalue weighted by molar-refractivity contribution is -0.136. The maximum absolute atomic E-state index is 10.5. The van der Waals surface area contributed by atoms with Gasteiger partial charge in [-0.3, -0.25) is 4.79 Å². The van der Waals surface area contributed by atoms with Gasteiger partial charge in [0.25, 0.3) is 0 Å². The molecule has 0 fully saturated rings. The first kappa shape index (κ1) is 9.58. The van der Waals surface area contributed by atoms with Crippen LogP contribution < -0.4 is 0 Å². The van der Waals surface area contributed by atoms with E-state index in [-0.39, 0.29) is 12.2 Å². The van der Waals surface area contributed by atoms with Crippen molar-refractivity contribution in [2.45, 2.75) is 19.8 Å². The third-order valence-corrected chi connectivity index (χ3v) is 1.91. The lowest BCUT2D eigenvalue weighted by atomic mass is 10.0. The van der Waals surface area contributed by atoms with Crippen molar-refractivity contribution in [2.75, 3.05) is 0 Å². The minimum atomic E-state index is -0.875. The lowest BCUT2D eigenvalue weighted by Crippen LogP contribution is -2.02. The molecular weight excluding hydrogens is 168 g/mol. The fourth-order valence-electron chi connectivity index (χ4n) is 1.28. The Morgan fingerprint density at radius 3 is 2.62 bits per heavy atom. The summed E-state index contributed by atoms with van der Waals surface area (Å²) in [7, 11) is 0. The van der Waals surface area contributed by atoms with E-state index in [0.29, 0.717) is 5.56 Å². The summed E-state index contributed by atoms with van der Waals surface area (Å²) in [6.45, 7) is 1.96. The van der Waals surface area contributed by atoms with Crippen LogP contribution in [0.1, 0.15) is 18.1 Å². The molecule has 0 saturated carbocycles. The van der Waals surface area contributed by atoms with E-state index >= 15 is 0 Å². The Bertz CT molecular complexity index is 318. The van der Waals surface area contributed by atoms with E-state index in [0.717, 1.165) is 12.0 Å². The van der Waals surface area contributed by atoms with Gasteiger partial charge in [0, 0.05) is 0 Å². The number of hydrogen-bond acceptors (Lipinski definition) is 2. The van der Waals surface area contributed by atoms with Crippen LogP contribution in [0, 0.1) is 0 Å². The highest BCUT2D eigenvalue weighted by Gasteiger charge is 2.06. The Balaban J connectivity index is 3.01. The molecule has 0 bridgehead atoms. The summed E-state index contributed by atoms with van der Waals surface area (Å²) in [5, 5.41) is 17.7. The van der Waals surface area contributed by atoms with Crippen molar-refractivity contribution in [1.29, 1.82) is 0 Å². The van der Waals surface area contributed by atoms with Crippen LogP contribution in [0.25, 0.3) is 0 Å². The first-order valence-electron chi connectivity index (χ1n) is 4.16. The van der Waals surface area contributed by atoms with Crippen LogP contribution in [0.4, 0.5) is 0 Å². The molecule has 1 aromatic carbocycles. The van der Waals surface area contributed by atoms with Crippen LogP contribution in [0.2, 0.25) is 0 Å². The number of phenolic OH excluding ortho intramolecular Hbond substituents is 1. The van der Waals surface area contributed by atoms with Crippen molar-refractivity contribution in [2.24, 2.45) is 0 Å². The second-order valence-corrected chi connectivity index (χ2v) is 2.88. The third-order valence-electron chi connectivity index (χ3n) is 1.91. The molecule has 2 N–H and O–H groups in total. The van der Waals surface area contributed by atoms with Gasteiger partial charge < -0.3 is 10.2 Å². The average molecular weight is 180 g/mol. The quantitative estimate of drug-likeness (QED) is 0.742. The number of carboxylic acids is 1. The zero-order valence-electron chi connectivity index (χ0n) is 7.45. The molecule has 0 atom stereocenters. The van der Waals surface area contributed by atoms with Crippen LogP contribution in [0.5, 0.6) is 5.75 Å². The van der Waals surface area contributed by atoms with Gasteiger partial charge in [0.2, 0.25) is 0 Å². The summed E-state index contributed by atoms with van der Waals surface area (Å²) in [4.78, 5) is 10.5. The lowest BCUT2D eigenvalue weighted by Gasteiger charge is -2.05. The van der Waals surface area contributed by atoms with Gasteiger partial charge in [-0.05, 0) is 29.7 Å². The molecule has 3 nitrogen and oxygen atoms in total. The van der Waals surface area contributed by atoms with Crippen molar-refractivity contribution in [1.82, 2.24) is 0 Å². The van der Waals surface area contributed by atoms with Crippen molar-refractivity contribution >= 4 is 5.97 Å². The Morgan fingerprint density at radius 1 is 1.38 bits per heavy atom. The number of phenols is 1. The van der Waals surface area contributed by atoms with Crippen LogP contribution in [0.15, 0.2) is 18.2 Å². The van der Waals surface area contributed by atoms with Gasteiger partial charge in [-0.25, -0.2) is 0 Å². The molecule has 0 saturated heterocycles. The number of aromatic hydroxyl groups is 1. The Labute approximate surface area is 76.6 Å². The largest absolute Gasteiger partial charge is 0.508 e. The molecule has 1 aromatic rings. The molecule has 0 aliphatic rings. The van der Waals surface area contributed by atoms with Crippen LogP contribution >= 0.6 is 0 Å². The standard InChI is InChI=1S/C10H12O3/c1-2-7-3-4-9(11)5-8(7)6-10(12)13/h3-5,11H,2,6H2,1H3,(H,12,13). The molecule has 0 amide bonds. The van der Waals surface area contributed by atoms with Gasteiger partial charge in [-0.15, -0.1) is 0 Å².